The Morgan fingerprint density at radius 2 is 1.94 bits per heavy atom. The van der Waals surface area contributed by atoms with Crippen LogP contribution in [-0.2, 0) is 0 Å². The summed E-state index contributed by atoms with van der Waals surface area (Å²) in [7, 11) is 0. The van der Waals surface area contributed by atoms with E-state index in [2.05, 4.69) is 15.6 Å². The van der Waals surface area contributed by atoms with E-state index in [1.807, 2.05) is 20.8 Å². The van der Waals surface area contributed by atoms with Crippen molar-refractivity contribution in [1.29, 1.82) is 0 Å². The molecule has 0 bridgehead atoms. The third-order valence-corrected chi connectivity index (χ3v) is 2.36. The number of halogens is 1. The SMILES string of the molecule is CC(C)(C)Nc1cc(Cl)nc2c1C(=O)NC2=O. The van der Waals surface area contributed by atoms with E-state index in [-0.39, 0.29) is 21.9 Å². The molecule has 0 atom stereocenters. The van der Waals surface area contributed by atoms with Gasteiger partial charge in [-0.25, -0.2) is 4.98 Å². The lowest BCUT2D eigenvalue weighted by molar-refractivity contribution is 0.0878. The van der Waals surface area contributed by atoms with Crippen LogP contribution in [0.3, 0.4) is 0 Å². The van der Waals surface area contributed by atoms with Crippen molar-refractivity contribution in [3.05, 3.63) is 22.5 Å². The lowest BCUT2D eigenvalue weighted by Crippen LogP contribution is -2.27. The molecule has 1 aliphatic heterocycles. The molecule has 17 heavy (non-hydrogen) atoms. The molecule has 0 spiro atoms. The smallest absolute Gasteiger partial charge is 0.277 e. The van der Waals surface area contributed by atoms with E-state index in [0.29, 0.717) is 5.69 Å². The van der Waals surface area contributed by atoms with Crippen molar-refractivity contribution in [1.82, 2.24) is 10.3 Å². The molecule has 90 valence electrons. The van der Waals surface area contributed by atoms with E-state index in [9.17, 15) is 9.59 Å². The van der Waals surface area contributed by atoms with Crippen LogP contribution in [0, 0.1) is 0 Å². The van der Waals surface area contributed by atoms with Gasteiger partial charge in [-0.15, -0.1) is 0 Å². The number of aromatic nitrogens is 1. The third kappa shape index (κ3) is 2.24. The molecule has 5 nitrogen and oxygen atoms in total. The molecular weight excluding hydrogens is 242 g/mol. The van der Waals surface area contributed by atoms with Crippen molar-refractivity contribution < 1.29 is 9.59 Å². The Bertz CT molecular complexity index is 520. The molecule has 2 amide bonds. The summed E-state index contributed by atoms with van der Waals surface area (Å²) in [5, 5.41) is 5.51. The van der Waals surface area contributed by atoms with Crippen molar-refractivity contribution in [2.75, 3.05) is 5.32 Å². The molecule has 2 N–H and O–H groups in total. The molecule has 0 radical (unpaired) electrons. The number of hydrogen-bond donors (Lipinski definition) is 2. The van der Waals surface area contributed by atoms with Crippen LogP contribution in [0.15, 0.2) is 6.07 Å². The van der Waals surface area contributed by atoms with Gasteiger partial charge in [0.25, 0.3) is 11.8 Å². The first-order chi connectivity index (χ1) is 7.78. The molecule has 1 aromatic heterocycles. The van der Waals surface area contributed by atoms with Crippen LogP contribution in [0.4, 0.5) is 5.69 Å². The van der Waals surface area contributed by atoms with Crippen LogP contribution in [0.25, 0.3) is 0 Å². The molecule has 0 fully saturated rings. The normalized spacial score (nSPS) is 14.6. The molecule has 0 saturated carbocycles. The molecule has 2 rings (SSSR count). The second-order valence-corrected chi connectivity index (χ2v) is 5.26. The first-order valence-corrected chi connectivity index (χ1v) is 5.50. The van der Waals surface area contributed by atoms with Crippen molar-refractivity contribution in [2.24, 2.45) is 0 Å². The van der Waals surface area contributed by atoms with Crippen molar-refractivity contribution >= 4 is 29.1 Å². The number of amides is 2. The predicted octanol–water partition coefficient (Wildman–Crippen LogP) is 1.83. The van der Waals surface area contributed by atoms with Gasteiger partial charge in [-0.3, -0.25) is 14.9 Å². The topological polar surface area (TPSA) is 71.1 Å². The van der Waals surface area contributed by atoms with Gasteiger partial charge < -0.3 is 5.32 Å². The van der Waals surface area contributed by atoms with Crippen LogP contribution in [0.2, 0.25) is 5.15 Å². The first-order valence-electron chi connectivity index (χ1n) is 5.12. The summed E-state index contributed by atoms with van der Waals surface area (Å²) < 4.78 is 0. The van der Waals surface area contributed by atoms with E-state index < -0.39 is 11.8 Å². The number of hydrogen-bond acceptors (Lipinski definition) is 4. The number of rotatable bonds is 1. The number of anilines is 1. The zero-order valence-corrected chi connectivity index (χ0v) is 10.5. The second kappa shape index (κ2) is 3.70. The van der Waals surface area contributed by atoms with Gasteiger partial charge in [-0.05, 0) is 26.8 Å². The fraction of sp³-hybridized carbons (Fsp3) is 0.364. The highest BCUT2D eigenvalue weighted by Gasteiger charge is 2.32. The van der Waals surface area contributed by atoms with Crippen LogP contribution in [0.5, 0.6) is 0 Å². The summed E-state index contributed by atoms with van der Waals surface area (Å²) in [5.74, 6) is -0.953. The molecule has 1 aromatic rings. The Kier molecular flexibility index (Phi) is 2.58. The van der Waals surface area contributed by atoms with Crippen LogP contribution in [0.1, 0.15) is 41.6 Å². The summed E-state index contributed by atoms with van der Waals surface area (Å²) >= 11 is 5.83. The Balaban J connectivity index is 2.57. The first kappa shape index (κ1) is 11.9. The predicted molar refractivity (Wildman–Crippen MR) is 64.4 cm³/mol. The Hall–Kier alpha value is -1.62. The van der Waals surface area contributed by atoms with Crippen molar-refractivity contribution in [3.8, 4) is 0 Å². The summed E-state index contributed by atoms with van der Waals surface area (Å²) in [4.78, 5) is 27.0. The highest BCUT2D eigenvalue weighted by Crippen LogP contribution is 2.28. The van der Waals surface area contributed by atoms with Gasteiger partial charge in [0.05, 0.1) is 11.3 Å². The van der Waals surface area contributed by atoms with Gasteiger partial charge in [-0.2, -0.15) is 0 Å². The van der Waals surface area contributed by atoms with Crippen LogP contribution in [-0.4, -0.2) is 22.3 Å². The van der Waals surface area contributed by atoms with Crippen molar-refractivity contribution in [3.63, 3.8) is 0 Å². The number of imide groups is 1. The number of nitrogens with one attached hydrogen (secondary N) is 2. The summed E-state index contributed by atoms with van der Waals surface area (Å²) in [6.45, 7) is 5.84. The van der Waals surface area contributed by atoms with Gasteiger partial charge >= 0.3 is 0 Å². The Labute approximate surface area is 104 Å². The number of carbonyl (C=O) groups excluding carboxylic acids is 2. The molecule has 0 aromatic carbocycles. The molecular formula is C11H12ClN3O2. The van der Waals surface area contributed by atoms with Crippen LogP contribution < -0.4 is 10.6 Å². The minimum absolute atomic E-state index is 0.0780. The maximum absolute atomic E-state index is 11.6. The van der Waals surface area contributed by atoms with E-state index in [1.54, 1.807) is 6.07 Å². The highest BCUT2D eigenvalue weighted by molar-refractivity contribution is 6.31. The van der Waals surface area contributed by atoms with Gasteiger partial charge in [-0.1, -0.05) is 11.6 Å². The highest BCUT2D eigenvalue weighted by atomic mass is 35.5. The maximum Gasteiger partial charge on any atom is 0.277 e. The quantitative estimate of drug-likeness (QED) is 0.592. The number of carbonyl (C=O) groups is 2. The summed E-state index contributed by atoms with van der Waals surface area (Å²) in [6.07, 6.45) is 0. The minimum Gasteiger partial charge on any atom is -0.380 e. The van der Waals surface area contributed by atoms with Gasteiger partial charge in [0.2, 0.25) is 0 Å². The van der Waals surface area contributed by atoms with E-state index >= 15 is 0 Å². The molecule has 0 saturated heterocycles. The fourth-order valence-electron chi connectivity index (χ4n) is 1.64. The lowest BCUT2D eigenvalue weighted by Gasteiger charge is -2.23. The molecule has 1 aliphatic rings. The lowest BCUT2D eigenvalue weighted by atomic mass is 10.1. The number of nitrogens with zero attached hydrogens (tertiary/aromatic N) is 1. The van der Waals surface area contributed by atoms with Gasteiger partial charge in [0.1, 0.15) is 10.8 Å². The second-order valence-electron chi connectivity index (χ2n) is 4.87. The monoisotopic (exact) mass is 253 g/mol. The minimum atomic E-state index is -0.510. The zero-order chi connectivity index (χ0) is 12.8. The zero-order valence-electron chi connectivity index (χ0n) is 9.72. The largest absolute Gasteiger partial charge is 0.380 e. The number of pyridine rings is 1. The average molecular weight is 254 g/mol. The van der Waals surface area contributed by atoms with E-state index in [0.717, 1.165) is 0 Å². The molecule has 6 heteroatoms. The Morgan fingerprint density at radius 3 is 2.53 bits per heavy atom. The Morgan fingerprint density at radius 1 is 1.29 bits per heavy atom. The fourth-order valence-corrected chi connectivity index (χ4v) is 1.83. The van der Waals surface area contributed by atoms with E-state index in [1.165, 1.54) is 0 Å². The van der Waals surface area contributed by atoms with Crippen molar-refractivity contribution in [2.45, 2.75) is 26.3 Å². The van der Waals surface area contributed by atoms with E-state index in [4.69, 9.17) is 11.6 Å². The standard InChI is InChI=1S/C11H12ClN3O2/c1-11(2,3)15-5-4-6(12)13-8-7(5)9(16)14-10(8)17/h4H,1-3H3,(H,13,15)(H,14,16,17). The van der Waals surface area contributed by atoms with Crippen LogP contribution >= 0.6 is 11.6 Å². The third-order valence-electron chi connectivity index (χ3n) is 2.17. The summed E-state index contributed by atoms with van der Waals surface area (Å²) in [6, 6.07) is 1.55. The van der Waals surface area contributed by atoms with Gasteiger partial charge in [0, 0.05) is 5.54 Å². The summed E-state index contributed by atoms with van der Waals surface area (Å²) in [5.41, 5.74) is 0.615. The average Bonchev–Trinajstić information content (AvgIpc) is 2.39. The van der Waals surface area contributed by atoms with Gasteiger partial charge in [0.15, 0.2) is 0 Å². The molecule has 0 unspecified atom stereocenters. The molecule has 0 aliphatic carbocycles. The number of fused-ring (bicyclic) bond motifs is 1. The maximum atomic E-state index is 11.6. The molecule has 2 heterocycles.